The number of hydrogen-bond donors (Lipinski definition) is 0. The van der Waals surface area contributed by atoms with E-state index in [9.17, 15) is 9.59 Å². The Bertz CT molecular complexity index is 1050. The van der Waals surface area contributed by atoms with Crippen LogP contribution in [0.4, 0.5) is 0 Å². The molecule has 34 heavy (non-hydrogen) atoms. The van der Waals surface area contributed by atoms with Crippen molar-refractivity contribution in [3.8, 4) is 23.0 Å². The highest BCUT2D eigenvalue weighted by atomic mass is 31.1. The maximum Gasteiger partial charge on any atom is 0.204 e. The standard InChI is InChI=1S/C27H31O6P/c1-17-16-27(2,3)15-14-22(17)34(25(28)23-18(30-4)10-8-11-19(23)31-5)26(29)24-20(32-6)12-9-13-21(24)33-7/h8-15H,16H2,1-7H3. The molecule has 0 bridgehead atoms. The van der Waals surface area contributed by atoms with Crippen LogP contribution in [0.2, 0.25) is 0 Å². The fraction of sp³-hybridized carbons (Fsp3) is 0.333. The van der Waals surface area contributed by atoms with Crippen molar-refractivity contribution in [1.82, 2.24) is 0 Å². The van der Waals surface area contributed by atoms with Crippen LogP contribution in [0, 0.1) is 5.41 Å². The molecule has 0 saturated carbocycles. The predicted octanol–water partition coefficient (Wildman–Crippen LogP) is 6.44. The van der Waals surface area contributed by atoms with E-state index in [1.54, 1.807) is 36.4 Å². The molecule has 2 aromatic carbocycles. The number of rotatable bonds is 9. The largest absolute Gasteiger partial charge is 0.496 e. The number of methoxy groups -OCH3 is 4. The Labute approximate surface area is 202 Å². The van der Waals surface area contributed by atoms with E-state index in [-0.39, 0.29) is 27.6 Å². The lowest BCUT2D eigenvalue weighted by molar-refractivity contribution is 0.104. The molecule has 3 rings (SSSR count). The van der Waals surface area contributed by atoms with Gasteiger partial charge in [0.15, 0.2) is 0 Å². The van der Waals surface area contributed by atoms with E-state index in [1.807, 2.05) is 13.0 Å². The Morgan fingerprint density at radius 3 is 1.47 bits per heavy atom. The van der Waals surface area contributed by atoms with Crippen LogP contribution in [0.1, 0.15) is 47.9 Å². The van der Waals surface area contributed by atoms with E-state index in [0.29, 0.717) is 23.0 Å². The predicted molar refractivity (Wildman–Crippen MR) is 135 cm³/mol. The number of carbonyl (C=O) groups excluding carboxylic acids is 2. The summed E-state index contributed by atoms with van der Waals surface area (Å²) in [5, 5.41) is 0.727. The topological polar surface area (TPSA) is 71.1 Å². The van der Waals surface area contributed by atoms with Gasteiger partial charge in [-0.2, -0.15) is 0 Å². The van der Waals surface area contributed by atoms with Gasteiger partial charge in [-0.1, -0.05) is 43.7 Å². The molecule has 1 aliphatic rings. The van der Waals surface area contributed by atoms with Crippen LogP contribution in [0.5, 0.6) is 23.0 Å². The highest BCUT2D eigenvalue weighted by Gasteiger charge is 2.39. The van der Waals surface area contributed by atoms with Crippen LogP contribution in [0.15, 0.2) is 59.4 Å². The summed E-state index contributed by atoms with van der Waals surface area (Å²) in [6.45, 7) is 6.24. The van der Waals surface area contributed by atoms with Gasteiger partial charge < -0.3 is 18.9 Å². The van der Waals surface area contributed by atoms with Crippen LogP contribution in [0.25, 0.3) is 0 Å². The number of ether oxygens (including phenoxy) is 4. The van der Waals surface area contributed by atoms with Crippen molar-refractivity contribution in [1.29, 1.82) is 0 Å². The van der Waals surface area contributed by atoms with Crippen molar-refractivity contribution < 1.29 is 28.5 Å². The molecule has 0 N–H and O–H groups in total. The number of hydrogen-bond acceptors (Lipinski definition) is 6. The average molecular weight is 483 g/mol. The maximum absolute atomic E-state index is 14.2. The summed E-state index contributed by atoms with van der Waals surface area (Å²) in [7, 11) is 3.94. The summed E-state index contributed by atoms with van der Waals surface area (Å²) in [6, 6.07) is 10.3. The van der Waals surface area contributed by atoms with Gasteiger partial charge in [0.2, 0.25) is 11.0 Å². The Morgan fingerprint density at radius 1 is 0.765 bits per heavy atom. The third kappa shape index (κ3) is 4.88. The van der Waals surface area contributed by atoms with Gasteiger partial charge in [-0.05, 0) is 48.3 Å². The molecule has 1 aliphatic carbocycles. The molecule has 0 amide bonds. The van der Waals surface area contributed by atoms with Crippen molar-refractivity contribution in [3.05, 3.63) is 70.6 Å². The van der Waals surface area contributed by atoms with Gasteiger partial charge in [0.05, 0.1) is 36.4 Å². The van der Waals surface area contributed by atoms with Gasteiger partial charge in [-0.15, -0.1) is 0 Å². The molecular weight excluding hydrogens is 451 g/mol. The van der Waals surface area contributed by atoms with Crippen molar-refractivity contribution in [2.45, 2.75) is 27.2 Å². The first-order chi connectivity index (χ1) is 16.2. The van der Waals surface area contributed by atoms with Gasteiger partial charge >= 0.3 is 0 Å². The van der Waals surface area contributed by atoms with Crippen LogP contribution < -0.4 is 18.9 Å². The minimum absolute atomic E-state index is 0.0645. The molecule has 0 fully saturated rings. The van der Waals surface area contributed by atoms with Crippen LogP contribution in [0.3, 0.4) is 0 Å². The second-order valence-corrected chi connectivity index (χ2v) is 10.7. The van der Waals surface area contributed by atoms with E-state index >= 15 is 0 Å². The highest BCUT2D eigenvalue weighted by Crippen LogP contribution is 2.58. The molecule has 0 saturated heterocycles. The molecule has 0 aromatic heterocycles. The fourth-order valence-corrected chi connectivity index (χ4v) is 6.40. The van der Waals surface area contributed by atoms with E-state index in [0.717, 1.165) is 17.3 Å². The maximum atomic E-state index is 14.2. The summed E-state index contributed by atoms with van der Waals surface area (Å²) in [5.74, 6) is 1.43. The minimum Gasteiger partial charge on any atom is -0.496 e. The molecule has 6 nitrogen and oxygen atoms in total. The monoisotopic (exact) mass is 482 g/mol. The summed E-state index contributed by atoms with van der Waals surface area (Å²) in [6.07, 6.45) is 4.72. The highest BCUT2D eigenvalue weighted by molar-refractivity contribution is 7.93. The third-order valence-corrected chi connectivity index (χ3v) is 8.05. The second kappa shape index (κ2) is 10.4. The van der Waals surface area contributed by atoms with Crippen molar-refractivity contribution in [2.75, 3.05) is 28.4 Å². The molecule has 180 valence electrons. The first kappa shape index (κ1) is 25.5. The Kier molecular flexibility index (Phi) is 7.83. The van der Waals surface area contributed by atoms with Crippen LogP contribution in [-0.2, 0) is 0 Å². The van der Waals surface area contributed by atoms with E-state index in [4.69, 9.17) is 18.9 Å². The quantitative estimate of drug-likeness (QED) is 0.383. The van der Waals surface area contributed by atoms with Gasteiger partial charge in [0.1, 0.15) is 34.1 Å². The summed E-state index contributed by atoms with van der Waals surface area (Å²) < 4.78 is 22.0. The smallest absolute Gasteiger partial charge is 0.204 e. The molecule has 2 aromatic rings. The van der Waals surface area contributed by atoms with Crippen molar-refractivity contribution >= 4 is 19.0 Å². The molecule has 0 radical (unpaired) electrons. The first-order valence-corrected chi connectivity index (χ1v) is 12.2. The summed E-state index contributed by atoms with van der Waals surface area (Å²) in [5.41, 5.74) is 0.744. The SMILES string of the molecule is COc1cccc(OC)c1C(=O)P(C(=O)c1c(OC)cccc1OC)C1=C(C)CC(C)(C)C=C1. The summed E-state index contributed by atoms with van der Waals surface area (Å²) >= 11 is 0. The lowest BCUT2D eigenvalue weighted by Gasteiger charge is -2.30. The van der Waals surface area contributed by atoms with Gasteiger partial charge in [-0.25, -0.2) is 0 Å². The fourth-order valence-electron chi connectivity index (χ4n) is 4.20. The Hall–Kier alpha value is -3.11. The van der Waals surface area contributed by atoms with Gasteiger partial charge in [-0.3, -0.25) is 9.59 Å². The zero-order valence-electron chi connectivity index (χ0n) is 20.7. The minimum atomic E-state index is -2.03. The Morgan fingerprint density at radius 2 is 1.15 bits per heavy atom. The number of allylic oxidation sites excluding steroid dienone is 4. The molecular formula is C27H31O6P. The van der Waals surface area contributed by atoms with Gasteiger partial charge in [0, 0.05) is 0 Å². The molecule has 0 unspecified atom stereocenters. The van der Waals surface area contributed by atoms with Crippen LogP contribution >= 0.6 is 7.92 Å². The number of benzene rings is 2. The Balaban J connectivity index is 2.28. The summed E-state index contributed by atoms with van der Waals surface area (Å²) in [4.78, 5) is 28.4. The first-order valence-electron chi connectivity index (χ1n) is 10.9. The normalized spacial score (nSPS) is 14.7. The molecule has 7 heteroatoms. The molecule has 0 heterocycles. The molecule has 0 atom stereocenters. The van der Waals surface area contributed by atoms with E-state index in [1.165, 1.54) is 28.4 Å². The zero-order valence-corrected chi connectivity index (χ0v) is 21.6. The molecule has 0 spiro atoms. The van der Waals surface area contributed by atoms with Gasteiger partial charge in [0.25, 0.3) is 0 Å². The van der Waals surface area contributed by atoms with E-state index < -0.39 is 7.92 Å². The third-order valence-electron chi connectivity index (χ3n) is 5.78. The second-order valence-electron chi connectivity index (χ2n) is 8.69. The lowest BCUT2D eigenvalue weighted by atomic mass is 9.82. The number of carbonyl (C=O) groups is 2. The zero-order chi connectivity index (χ0) is 25.0. The lowest BCUT2D eigenvalue weighted by Crippen LogP contribution is -2.17. The van der Waals surface area contributed by atoms with E-state index in [2.05, 4.69) is 19.9 Å². The van der Waals surface area contributed by atoms with Crippen molar-refractivity contribution in [2.24, 2.45) is 5.41 Å². The van der Waals surface area contributed by atoms with Crippen LogP contribution in [-0.4, -0.2) is 39.5 Å². The van der Waals surface area contributed by atoms with Crippen molar-refractivity contribution in [3.63, 3.8) is 0 Å². The average Bonchev–Trinajstić information content (AvgIpc) is 2.83. The molecule has 0 aliphatic heterocycles.